The Kier molecular flexibility index (Phi) is 4.57. The van der Waals surface area contributed by atoms with Crippen molar-refractivity contribution in [1.29, 1.82) is 0 Å². The number of aromatic nitrogens is 2. The average molecular weight is 237 g/mol. The topological polar surface area (TPSA) is 39.1 Å². The highest BCUT2D eigenvalue weighted by molar-refractivity contribution is 5.03. The SMILES string of the molecule is CC(C)NCc1cnn(CC2CCCCO2)c1. The van der Waals surface area contributed by atoms with Gasteiger partial charge in [0.05, 0.1) is 18.8 Å². The minimum atomic E-state index is 0.356. The first-order chi connectivity index (χ1) is 8.24. The van der Waals surface area contributed by atoms with Crippen LogP contribution in [0.3, 0.4) is 0 Å². The summed E-state index contributed by atoms with van der Waals surface area (Å²) in [7, 11) is 0. The maximum atomic E-state index is 5.71. The average Bonchev–Trinajstić information content (AvgIpc) is 2.75. The van der Waals surface area contributed by atoms with E-state index in [1.165, 1.54) is 24.8 Å². The quantitative estimate of drug-likeness (QED) is 0.850. The molecule has 2 rings (SSSR count). The zero-order chi connectivity index (χ0) is 12.1. The van der Waals surface area contributed by atoms with Crippen molar-refractivity contribution in [2.24, 2.45) is 0 Å². The second-order valence-electron chi connectivity index (χ2n) is 5.09. The summed E-state index contributed by atoms with van der Waals surface area (Å²) in [4.78, 5) is 0. The summed E-state index contributed by atoms with van der Waals surface area (Å²) in [6, 6.07) is 0.514. The molecule has 17 heavy (non-hydrogen) atoms. The zero-order valence-electron chi connectivity index (χ0n) is 10.9. The zero-order valence-corrected chi connectivity index (χ0v) is 10.9. The van der Waals surface area contributed by atoms with Crippen LogP contribution < -0.4 is 5.32 Å². The molecular formula is C13H23N3O. The van der Waals surface area contributed by atoms with Crippen LogP contribution in [0, 0.1) is 0 Å². The number of ether oxygens (including phenoxy) is 1. The van der Waals surface area contributed by atoms with E-state index in [1.807, 2.05) is 10.9 Å². The number of nitrogens with zero attached hydrogens (tertiary/aromatic N) is 2. The number of hydrogen-bond acceptors (Lipinski definition) is 3. The second-order valence-corrected chi connectivity index (χ2v) is 5.09. The summed E-state index contributed by atoms with van der Waals surface area (Å²) in [6.45, 7) is 7.00. The van der Waals surface area contributed by atoms with Crippen molar-refractivity contribution in [1.82, 2.24) is 15.1 Å². The maximum absolute atomic E-state index is 5.71. The van der Waals surface area contributed by atoms with Gasteiger partial charge in [0.1, 0.15) is 0 Å². The van der Waals surface area contributed by atoms with Crippen LogP contribution >= 0.6 is 0 Å². The second kappa shape index (κ2) is 6.17. The summed E-state index contributed by atoms with van der Waals surface area (Å²) in [5, 5.41) is 7.78. The molecular weight excluding hydrogens is 214 g/mol. The lowest BCUT2D eigenvalue weighted by atomic mass is 10.1. The lowest BCUT2D eigenvalue weighted by Gasteiger charge is -2.22. The van der Waals surface area contributed by atoms with E-state index in [4.69, 9.17) is 4.74 Å². The van der Waals surface area contributed by atoms with Gasteiger partial charge in [-0.25, -0.2) is 0 Å². The van der Waals surface area contributed by atoms with E-state index in [1.54, 1.807) is 0 Å². The maximum Gasteiger partial charge on any atom is 0.0770 e. The Morgan fingerprint density at radius 1 is 1.53 bits per heavy atom. The van der Waals surface area contributed by atoms with Crippen LogP contribution in [0.25, 0.3) is 0 Å². The van der Waals surface area contributed by atoms with Gasteiger partial charge in [-0.2, -0.15) is 5.10 Å². The highest BCUT2D eigenvalue weighted by atomic mass is 16.5. The van der Waals surface area contributed by atoms with Crippen LogP contribution in [0.2, 0.25) is 0 Å². The predicted octanol–water partition coefficient (Wildman–Crippen LogP) is 1.95. The summed E-state index contributed by atoms with van der Waals surface area (Å²) in [5.74, 6) is 0. The Balaban J connectivity index is 1.80. The molecule has 1 aromatic heterocycles. The lowest BCUT2D eigenvalue weighted by molar-refractivity contribution is 0.00398. The Hall–Kier alpha value is -0.870. The van der Waals surface area contributed by atoms with Gasteiger partial charge in [0.25, 0.3) is 0 Å². The first kappa shape index (κ1) is 12.6. The molecule has 1 fully saturated rings. The first-order valence-electron chi connectivity index (χ1n) is 6.60. The monoisotopic (exact) mass is 237 g/mol. The van der Waals surface area contributed by atoms with Crippen molar-refractivity contribution in [3.63, 3.8) is 0 Å². The smallest absolute Gasteiger partial charge is 0.0770 e. The van der Waals surface area contributed by atoms with Crippen LogP contribution in [0.1, 0.15) is 38.7 Å². The third-order valence-corrected chi connectivity index (χ3v) is 3.07. The van der Waals surface area contributed by atoms with Gasteiger partial charge in [0.15, 0.2) is 0 Å². The van der Waals surface area contributed by atoms with Crippen LogP contribution in [0.4, 0.5) is 0 Å². The van der Waals surface area contributed by atoms with E-state index in [-0.39, 0.29) is 0 Å². The van der Waals surface area contributed by atoms with E-state index < -0.39 is 0 Å². The van der Waals surface area contributed by atoms with Crippen molar-refractivity contribution in [3.05, 3.63) is 18.0 Å². The molecule has 1 aromatic rings. The lowest BCUT2D eigenvalue weighted by Crippen LogP contribution is -2.24. The van der Waals surface area contributed by atoms with Crippen LogP contribution in [-0.2, 0) is 17.8 Å². The molecule has 1 N–H and O–H groups in total. The Bertz CT molecular complexity index is 329. The van der Waals surface area contributed by atoms with E-state index in [2.05, 4.69) is 30.5 Å². The number of hydrogen-bond donors (Lipinski definition) is 1. The van der Waals surface area contributed by atoms with Gasteiger partial charge in [0, 0.05) is 31.0 Å². The summed E-state index contributed by atoms with van der Waals surface area (Å²) in [5.41, 5.74) is 1.24. The summed E-state index contributed by atoms with van der Waals surface area (Å²) < 4.78 is 7.72. The van der Waals surface area contributed by atoms with Gasteiger partial charge in [-0.3, -0.25) is 4.68 Å². The molecule has 1 aliphatic heterocycles. The standard InChI is InChI=1S/C13H23N3O/c1-11(2)14-7-12-8-15-16(9-12)10-13-5-3-4-6-17-13/h8-9,11,13-14H,3-7,10H2,1-2H3. The first-order valence-corrected chi connectivity index (χ1v) is 6.60. The molecule has 0 radical (unpaired) electrons. The van der Waals surface area contributed by atoms with E-state index in [0.29, 0.717) is 12.1 Å². The highest BCUT2D eigenvalue weighted by Crippen LogP contribution is 2.14. The summed E-state index contributed by atoms with van der Waals surface area (Å²) in [6.07, 6.45) is 8.08. The molecule has 0 amide bonds. The molecule has 1 aliphatic rings. The fourth-order valence-corrected chi connectivity index (χ4v) is 2.08. The van der Waals surface area contributed by atoms with Gasteiger partial charge in [-0.05, 0) is 19.3 Å². The molecule has 0 aliphatic carbocycles. The summed E-state index contributed by atoms with van der Waals surface area (Å²) >= 11 is 0. The molecule has 4 nitrogen and oxygen atoms in total. The largest absolute Gasteiger partial charge is 0.376 e. The van der Waals surface area contributed by atoms with Crippen molar-refractivity contribution in [3.8, 4) is 0 Å². The number of nitrogens with one attached hydrogen (secondary N) is 1. The Labute approximate surface area is 103 Å². The molecule has 2 heterocycles. The third kappa shape index (κ3) is 4.13. The molecule has 96 valence electrons. The minimum Gasteiger partial charge on any atom is -0.376 e. The molecule has 0 aromatic carbocycles. The van der Waals surface area contributed by atoms with Gasteiger partial charge >= 0.3 is 0 Å². The van der Waals surface area contributed by atoms with Crippen molar-refractivity contribution < 1.29 is 4.74 Å². The highest BCUT2D eigenvalue weighted by Gasteiger charge is 2.14. The molecule has 1 unspecified atom stereocenters. The normalized spacial score (nSPS) is 21.0. The van der Waals surface area contributed by atoms with Crippen molar-refractivity contribution >= 4 is 0 Å². The van der Waals surface area contributed by atoms with E-state index >= 15 is 0 Å². The molecule has 0 spiro atoms. The van der Waals surface area contributed by atoms with E-state index in [0.717, 1.165) is 19.7 Å². The van der Waals surface area contributed by atoms with Crippen LogP contribution in [0.5, 0.6) is 0 Å². The van der Waals surface area contributed by atoms with Crippen LogP contribution in [-0.4, -0.2) is 28.5 Å². The Morgan fingerprint density at radius 3 is 3.12 bits per heavy atom. The minimum absolute atomic E-state index is 0.356. The van der Waals surface area contributed by atoms with Gasteiger partial charge < -0.3 is 10.1 Å². The molecule has 4 heteroatoms. The van der Waals surface area contributed by atoms with E-state index in [9.17, 15) is 0 Å². The molecule has 1 atom stereocenters. The molecule has 0 bridgehead atoms. The molecule has 1 saturated heterocycles. The van der Waals surface area contributed by atoms with Crippen molar-refractivity contribution in [2.75, 3.05) is 6.61 Å². The van der Waals surface area contributed by atoms with Gasteiger partial charge in [-0.1, -0.05) is 13.8 Å². The van der Waals surface area contributed by atoms with Crippen LogP contribution in [0.15, 0.2) is 12.4 Å². The fourth-order valence-electron chi connectivity index (χ4n) is 2.08. The Morgan fingerprint density at radius 2 is 2.41 bits per heavy atom. The third-order valence-electron chi connectivity index (χ3n) is 3.07. The van der Waals surface area contributed by atoms with Gasteiger partial charge in [0.2, 0.25) is 0 Å². The van der Waals surface area contributed by atoms with Gasteiger partial charge in [-0.15, -0.1) is 0 Å². The fraction of sp³-hybridized carbons (Fsp3) is 0.769. The molecule has 0 saturated carbocycles. The predicted molar refractivity (Wildman–Crippen MR) is 67.8 cm³/mol. The number of rotatable bonds is 5. The van der Waals surface area contributed by atoms with Crippen molar-refractivity contribution in [2.45, 2.75) is 58.3 Å².